The molecular formula is C25H27N5O6S2. The molecule has 2 aromatic heterocycles. The third-order valence-corrected chi connectivity index (χ3v) is 9.93. The number of oxime groups is 1. The number of nitrogens with zero attached hydrogens (tertiary/aromatic N) is 3. The molecule has 1 amide bonds. The molecule has 1 saturated heterocycles. The molecule has 13 heteroatoms. The largest absolute Gasteiger partial charge is 0.472 e. The lowest BCUT2D eigenvalue weighted by molar-refractivity contribution is -0.110. The number of benzene rings is 1. The fourth-order valence-corrected chi connectivity index (χ4v) is 6.81. The highest BCUT2D eigenvalue weighted by Gasteiger charge is 2.37. The molecule has 11 nitrogen and oxygen atoms in total. The summed E-state index contributed by atoms with van der Waals surface area (Å²) in [6, 6.07) is 9.63. The van der Waals surface area contributed by atoms with Crippen LogP contribution < -0.4 is 15.4 Å². The van der Waals surface area contributed by atoms with Crippen LogP contribution in [-0.4, -0.2) is 71.8 Å². The van der Waals surface area contributed by atoms with E-state index in [0.717, 1.165) is 13.1 Å². The van der Waals surface area contributed by atoms with Gasteiger partial charge in [-0.25, -0.2) is 18.4 Å². The van der Waals surface area contributed by atoms with Crippen LogP contribution in [0.2, 0.25) is 0 Å². The van der Waals surface area contributed by atoms with Crippen LogP contribution in [0.5, 0.6) is 5.88 Å². The normalized spacial score (nSPS) is 22.3. The summed E-state index contributed by atoms with van der Waals surface area (Å²) in [5, 5.41) is 19.9. The van der Waals surface area contributed by atoms with E-state index in [1.54, 1.807) is 24.3 Å². The summed E-state index contributed by atoms with van der Waals surface area (Å²) in [6.07, 6.45) is 2.34. The molecule has 2 aliphatic carbocycles. The number of fused-ring (bicyclic) bond motifs is 1. The Bertz CT molecular complexity index is 1480. The summed E-state index contributed by atoms with van der Waals surface area (Å²) in [5.74, 6) is -0.0569. The molecule has 6 rings (SSSR count). The maximum atomic E-state index is 13.3. The Morgan fingerprint density at radius 2 is 1.84 bits per heavy atom. The lowest BCUT2D eigenvalue weighted by atomic mass is 10.1. The lowest BCUT2D eigenvalue weighted by Crippen LogP contribution is -2.50. The van der Waals surface area contributed by atoms with Crippen molar-refractivity contribution in [1.82, 2.24) is 15.3 Å². The molecule has 38 heavy (non-hydrogen) atoms. The first-order valence-corrected chi connectivity index (χ1v) is 14.9. The average Bonchev–Trinajstić information content (AvgIpc) is 3.55. The minimum absolute atomic E-state index is 0.0181. The van der Waals surface area contributed by atoms with Crippen molar-refractivity contribution in [3.8, 4) is 5.88 Å². The number of ether oxygens (including phenoxy) is 1. The summed E-state index contributed by atoms with van der Waals surface area (Å²) in [7, 11) is -3.36. The van der Waals surface area contributed by atoms with Gasteiger partial charge in [-0.3, -0.25) is 10.1 Å². The number of aliphatic hydroxyl groups is 1. The minimum Gasteiger partial charge on any atom is -0.472 e. The zero-order chi connectivity index (χ0) is 26.3. The molecule has 1 aromatic carbocycles. The fraction of sp³-hybridized carbons (Fsp3) is 0.440. The summed E-state index contributed by atoms with van der Waals surface area (Å²) in [4.78, 5) is 28.7. The standard InChI is InChI=1S/C25H27N5O6S2/c31-15-3-4-16(11-15)36-30-22(14-1-5-18(6-2-14)38(33,34)19-7-8-19)23(32)29-25-27-20-9-10-21(28-24(20)37-25)35-17-12-26-13-17/h1-2,5-6,9-10,15-17,19,26,31H,3-4,7-8,11-13H2,(H,27,29,32)/t15-,16-/m1/s1. The highest BCUT2D eigenvalue weighted by Crippen LogP contribution is 2.33. The van der Waals surface area contributed by atoms with E-state index in [-0.39, 0.29) is 28.1 Å². The van der Waals surface area contributed by atoms with E-state index < -0.39 is 21.8 Å². The molecular weight excluding hydrogens is 530 g/mol. The number of nitrogens with one attached hydrogen (secondary N) is 2. The van der Waals surface area contributed by atoms with Gasteiger partial charge in [-0.15, -0.1) is 0 Å². The Balaban J connectivity index is 1.23. The van der Waals surface area contributed by atoms with Crippen LogP contribution in [-0.2, 0) is 19.5 Å². The van der Waals surface area contributed by atoms with Crippen molar-refractivity contribution in [2.75, 3.05) is 18.4 Å². The molecule has 3 heterocycles. The third kappa shape index (κ3) is 5.37. The number of carbonyl (C=O) groups is 1. The number of anilines is 1. The van der Waals surface area contributed by atoms with Gasteiger partial charge in [0.25, 0.3) is 5.91 Å². The maximum absolute atomic E-state index is 13.3. The van der Waals surface area contributed by atoms with E-state index in [0.29, 0.717) is 59.0 Å². The van der Waals surface area contributed by atoms with Gasteiger partial charge in [-0.1, -0.05) is 28.6 Å². The van der Waals surface area contributed by atoms with Crippen molar-refractivity contribution in [2.45, 2.75) is 60.6 Å². The van der Waals surface area contributed by atoms with E-state index in [1.807, 2.05) is 0 Å². The van der Waals surface area contributed by atoms with Gasteiger partial charge in [0.15, 0.2) is 20.7 Å². The summed E-state index contributed by atoms with van der Waals surface area (Å²) in [6.45, 7) is 1.56. The van der Waals surface area contributed by atoms with Crippen LogP contribution in [0.3, 0.4) is 0 Å². The van der Waals surface area contributed by atoms with Crippen LogP contribution in [0.25, 0.3) is 10.3 Å². The molecule has 0 radical (unpaired) electrons. The molecule has 3 fully saturated rings. The highest BCUT2D eigenvalue weighted by molar-refractivity contribution is 7.92. The van der Waals surface area contributed by atoms with Gasteiger partial charge in [0.05, 0.1) is 16.2 Å². The van der Waals surface area contributed by atoms with E-state index in [2.05, 4.69) is 25.8 Å². The number of hydrogen-bond donors (Lipinski definition) is 3. The Hall–Kier alpha value is -3.13. The number of aliphatic hydroxyl groups excluding tert-OH is 1. The number of aromatic nitrogens is 2. The molecule has 3 aliphatic rings. The fourth-order valence-electron chi connectivity index (χ4n) is 4.33. The average molecular weight is 558 g/mol. The molecule has 3 aromatic rings. The Kier molecular flexibility index (Phi) is 6.76. The number of sulfone groups is 1. The van der Waals surface area contributed by atoms with Crippen LogP contribution in [0.4, 0.5) is 5.13 Å². The van der Waals surface area contributed by atoms with Crippen LogP contribution in [0.15, 0.2) is 46.4 Å². The third-order valence-electron chi connectivity index (χ3n) is 6.77. The predicted octanol–water partition coefficient (Wildman–Crippen LogP) is 2.25. The van der Waals surface area contributed by atoms with Gasteiger partial charge >= 0.3 is 0 Å². The summed E-state index contributed by atoms with van der Waals surface area (Å²) < 4.78 is 31.0. The topological polar surface area (TPSA) is 152 Å². The van der Waals surface area contributed by atoms with Crippen molar-refractivity contribution < 1.29 is 27.9 Å². The molecule has 3 N–H and O–H groups in total. The molecule has 2 saturated carbocycles. The van der Waals surface area contributed by atoms with Gasteiger partial charge in [-0.2, -0.15) is 0 Å². The first kappa shape index (κ1) is 25.2. The zero-order valence-corrected chi connectivity index (χ0v) is 22.0. The molecule has 0 spiro atoms. The first-order chi connectivity index (χ1) is 18.3. The Labute approximate surface area is 223 Å². The van der Waals surface area contributed by atoms with Gasteiger partial charge in [0, 0.05) is 31.1 Å². The molecule has 200 valence electrons. The number of thiazole rings is 1. The van der Waals surface area contributed by atoms with Gasteiger partial charge in [0.2, 0.25) is 5.88 Å². The minimum atomic E-state index is -3.36. The van der Waals surface area contributed by atoms with Crippen LogP contribution in [0, 0.1) is 0 Å². The second-order valence-electron chi connectivity index (χ2n) is 9.75. The smallest absolute Gasteiger partial charge is 0.280 e. The predicted molar refractivity (Wildman–Crippen MR) is 141 cm³/mol. The number of hydrogen-bond acceptors (Lipinski definition) is 11. The number of amides is 1. The van der Waals surface area contributed by atoms with Crippen LogP contribution in [0.1, 0.15) is 37.7 Å². The van der Waals surface area contributed by atoms with Gasteiger partial charge < -0.3 is 20.0 Å². The van der Waals surface area contributed by atoms with Crippen molar-refractivity contribution in [1.29, 1.82) is 0 Å². The van der Waals surface area contributed by atoms with Gasteiger partial charge in [-0.05, 0) is 43.9 Å². The second-order valence-corrected chi connectivity index (χ2v) is 13.0. The zero-order valence-electron chi connectivity index (χ0n) is 20.4. The van der Waals surface area contributed by atoms with Crippen molar-refractivity contribution in [3.63, 3.8) is 0 Å². The quantitative estimate of drug-likeness (QED) is 0.266. The van der Waals surface area contributed by atoms with Crippen LogP contribution >= 0.6 is 11.3 Å². The number of pyridine rings is 1. The number of rotatable bonds is 9. The monoisotopic (exact) mass is 557 g/mol. The van der Waals surface area contributed by atoms with E-state index in [9.17, 15) is 18.3 Å². The maximum Gasteiger partial charge on any atom is 0.280 e. The first-order valence-electron chi connectivity index (χ1n) is 12.6. The van der Waals surface area contributed by atoms with E-state index >= 15 is 0 Å². The van der Waals surface area contributed by atoms with Gasteiger partial charge in [0.1, 0.15) is 22.6 Å². The number of carbonyl (C=O) groups excluding carboxylic acids is 1. The molecule has 0 unspecified atom stereocenters. The molecule has 1 aliphatic heterocycles. The SMILES string of the molecule is O=C(Nc1nc2ccc(OC3CNC3)nc2s1)C(=NO[C@@H]1CC[C@@H](O)C1)c1ccc(S(=O)(=O)C2CC2)cc1. The summed E-state index contributed by atoms with van der Waals surface area (Å²) in [5.41, 5.74) is 1.00. The molecule has 0 bridgehead atoms. The van der Waals surface area contributed by atoms with E-state index in [4.69, 9.17) is 9.57 Å². The van der Waals surface area contributed by atoms with Crippen molar-refractivity contribution in [3.05, 3.63) is 42.0 Å². The van der Waals surface area contributed by atoms with Crippen molar-refractivity contribution >= 4 is 48.3 Å². The Morgan fingerprint density at radius 1 is 1.05 bits per heavy atom. The summed E-state index contributed by atoms with van der Waals surface area (Å²) >= 11 is 1.21. The Morgan fingerprint density at radius 3 is 2.50 bits per heavy atom. The highest BCUT2D eigenvalue weighted by atomic mass is 32.2. The van der Waals surface area contributed by atoms with E-state index in [1.165, 1.54) is 23.5 Å². The second kappa shape index (κ2) is 10.2. The lowest BCUT2D eigenvalue weighted by Gasteiger charge is -2.27. The molecule has 2 atom stereocenters. The van der Waals surface area contributed by atoms with Crippen molar-refractivity contribution in [2.24, 2.45) is 5.16 Å².